The van der Waals surface area contributed by atoms with Crippen LogP contribution >= 0.6 is 0 Å². The van der Waals surface area contributed by atoms with E-state index in [-0.39, 0.29) is 5.91 Å². The number of carbonyl (C=O) groups is 2. The minimum atomic E-state index is -1.05. The van der Waals surface area contributed by atoms with Crippen molar-refractivity contribution in [1.82, 2.24) is 9.88 Å². The summed E-state index contributed by atoms with van der Waals surface area (Å²) in [7, 11) is 1.93. The predicted molar refractivity (Wildman–Crippen MR) is 67.5 cm³/mol. The maximum Gasteiger partial charge on any atom is 0.325 e. The number of hydrogen-bond donors (Lipinski definition) is 2. The van der Waals surface area contributed by atoms with E-state index in [1.165, 1.54) is 6.92 Å². The van der Waals surface area contributed by atoms with Gasteiger partial charge in [0.05, 0.1) is 0 Å². The van der Waals surface area contributed by atoms with Crippen LogP contribution in [0.3, 0.4) is 0 Å². The van der Waals surface area contributed by atoms with Crippen molar-refractivity contribution in [2.24, 2.45) is 7.05 Å². The number of aryl methyl sites for hydroxylation is 1. The Morgan fingerprint density at radius 2 is 2.06 bits per heavy atom. The molecule has 0 aliphatic rings. The highest BCUT2D eigenvalue weighted by molar-refractivity contribution is 5.99. The summed E-state index contributed by atoms with van der Waals surface area (Å²) < 4.78 is 1.96. The SMILES string of the molecule is C[C@H](NC(=O)c1ccc2c(ccn2C)c1)C(=O)O. The Bertz CT molecular complexity index is 616. The average molecular weight is 246 g/mol. The van der Waals surface area contributed by atoms with E-state index in [1.54, 1.807) is 12.1 Å². The number of benzene rings is 1. The van der Waals surface area contributed by atoms with Gasteiger partial charge in [-0.15, -0.1) is 0 Å². The van der Waals surface area contributed by atoms with E-state index in [0.29, 0.717) is 5.56 Å². The summed E-state index contributed by atoms with van der Waals surface area (Å²) in [5.41, 5.74) is 1.49. The van der Waals surface area contributed by atoms with Gasteiger partial charge >= 0.3 is 5.97 Å². The van der Waals surface area contributed by atoms with Crippen LogP contribution in [0.5, 0.6) is 0 Å². The van der Waals surface area contributed by atoms with Crippen molar-refractivity contribution in [2.45, 2.75) is 13.0 Å². The first kappa shape index (κ1) is 12.2. The molecule has 1 aromatic heterocycles. The Balaban J connectivity index is 2.25. The molecule has 0 aliphatic carbocycles. The molecule has 1 aromatic carbocycles. The third-order valence-electron chi connectivity index (χ3n) is 2.87. The number of nitrogens with zero attached hydrogens (tertiary/aromatic N) is 1. The number of hydrogen-bond acceptors (Lipinski definition) is 2. The highest BCUT2D eigenvalue weighted by Gasteiger charge is 2.15. The monoisotopic (exact) mass is 246 g/mol. The van der Waals surface area contributed by atoms with E-state index in [9.17, 15) is 9.59 Å². The Morgan fingerprint density at radius 3 is 2.72 bits per heavy atom. The van der Waals surface area contributed by atoms with Crippen LogP contribution in [-0.2, 0) is 11.8 Å². The van der Waals surface area contributed by atoms with Gasteiger partial charge < -0.3 is 15.0 Å². The number of carbonyl (C=O) groups excluding carboxylic acids is 1. The van der Waals surface area contributed by atoms with Crippen LogP contribution < -0.4 is 5.32 Å². The topological polar surface area (TPSA) is 71.3 Å². The highest BCUT2D eigenvalue weighted by Crippen LogP contribution is 2.16. The molecule has 0 aliphatic heterocycles. The lowest BCUT2D eigenvalue weighted by atomic mass is 10.1. The molecule has 0 unspecified atom stereocenters. The minimum Gasteiger partial charge on any atom is -0.480 e. The molecule has 0 saturated heterocycles. The quantitative estimate of drug-likeness (QED) is 0.859. The van der Waals surface area contributed by atoms with Gasteiger partial charge in [-0.2, -0.15) is 0 Å². The molecule has 18 heavy (non-hydrogen) atoms. The molecule has 2 aromatic rings. The molecule has 0 spiro atoms. The maximum absolute atomic E-state index is 11.8. The molecule has 94 valence electrons. The first-order valence-electron chi connectivity index (χ1n) is 5.58. The molecule has 0 fully saturated rings. The fraction of sp³-hybridized carbons (Fsp3) is 0.231. The lowest BCUT2D eigenvalue weighted by Gasteiger charge is -2.09. The van der Waals surface area contributed by atoms with Gasteiger partial charge in [0.2, 0.25) is 0 Å². The summed E-state index contributed by atoms with van der Waals surface area (Å²) in [5, 5.41) is 12.1. The van der Waals surface area contributed by atoms with Crippen molar-refractivity contribution < 1.29 is 14.7 Å². The molecule has 0 bridgehead atoms. The van der Waals surface area contributed by atoms with Crippen molar-refractivity contribution >= 4 is 22.8 Å². The van der Waals surface area contributed by atoms with Gasteiger partial charge in [-0.3, -0.25) is 9.59 Å². The third kappa shape index (κ3) is 2.20. The number of aromatic nitrogens is 1. The molecular formula is C13H14N2O3. The number of aliphatic carboxylic acids is 1. The van der Waals surface area contributed by atoms with E-state index in [2.05, 4.69) is 5.32 Å². The van der Waals surface area contributed by atoms with Crippen molar-refractivity contribution in [2.75, 3.05) is 0 Å². The second-order valence-electron chi connectivity index (χ2n) is 4.23. The Hall–Kier alpha value is -2.30. The molecule has 2 N–H and O–H groups in total. The number of carboxylic acid groups (broad SMARTS) is 1. The summed E-state index contributed by atoms with van der Waals surface area (Å²) in [6, 6.07) is 6.29. The second-order valence-corrected chi connectivity index (χ2v) is 4.23. The van der Waals surface area contributed by atoms with E-state index in [1.807, 2.05) is 29.9 Å². The van der Waals surface area contributed by atoms with Crippen LogP contribution in [0.1, 0.15) is 17.3 Å². The van der Waals surface area contributed by atoms with Crippen LogP contribution in [0.25, 0.3) is 10.9 Å². The van der Waals surface area contributed by atoms with Crippen molar-refractivity contribution in [3.05, 3.63) is 36.0 Å². The van der Waals surface area contributed by atoms with Crippen LogP contribution in [-0.4, -0.2) is 27.6 Å². The molecule has 5 heteroatoms. The van der Waals surface area contributed by atoms with Crippen molar-refractivity contribution in [1.29, 1.82) is 0 Å². The minimum absolute atomic E-state index is 0.379. The molecule has 2 rings (SSSR count). The molecule has 5 nitrogen and oxygen atoms in total. The van der Waals surface area contributed by atoms with Gasteiger partial charge in [0, 0.05) is 29.7 Å². The molecule has 1 atom stereocenters. The van der Waals surface area contributed by atoms with Crippen LogP contribution in [0.4, 0.5) is 0 Å². The Morgan fingerprint density at radius 1 is 1.33 bits per heavy atom. The molecular weight excluding hydrogens is 232 g/mol. The molecule has 1 amide bonds. The third-order valence-corrected chi connectivity index (χ3v) is 2.87. The van der Waals surface area contributed by atoms with Gasteiger partial charge in [0.25, 0.3) is 5.91 Å². The maximum atomic E-state index is 11.8. The Kier molecular flexibility index (Phi) is 3.06. The van der Waals surface area contributed by atoms with Gasteiger partial charge in [-0.1, -0.05) is 0 Å². The number of rotatable bonds is 3. The summed E-state index contributed by atoms with van der Waals surface area (Å²) in [6.07, 6.45) is 1.91. The number of nitrogens with one attached hydrogen (secondary N) is 1. The number of amides is 1. The molecule has 0 radical (unpaired) electrons. The predicted octanol–water partition coefficient (Wildman–Crippen LogP) is 1.38. The van der Waals surface area contributed by atoms with E-state index >= 15 is 0 Å². The zero-order valence-electron chi connectivity index (χ0n) is 10.2. The second kappa shape index (κ2) is 4.52. The largest absolute Gasteiger partial charge is 0.480 e. The van der Waals surface area contributed by atoms with Crippen LogP contribution in [0.2, 0.25) is 0 Å². The summed E-state index contributed by atoms with van der Waals surface area (Å²) in [4.78, 5) is 22.5. The first-order valence-corrected chi connectivity index (χ1v) is 5.58. The number of carboxylic acids is 1. The van der Waals surface area contributed by atoms with Gasteiger partial charge in [0.1, 0.15) is 6.04 Å². The average Bonchev–Trinajstić information content (AvgIpc) is 2.70. The highest BCUT2D eigenvalue weighted by atomic mass is 16.4. The fourth-order valence-corrected chi connectivity index (χ4v) is 1.76. The van der Waals surface area contributed by atoms with E-state index in [0.717, 1.165) is 10.9 Å². The lowest BCUT2D eigenvalue weighted by molar-refractivity contribution is -0.138. The molecule has 0 saturated carbocycles. The van der Waals surface area contributed by atoms with E-state index < -0.39 is 12.0 Å². The van der Waals surface area contributed by atoms with Gasteiger partial charge in [-0.05, 0) is 31.2 Å². The van der Waals surface area contributed by atoms with Crippen molar-refractivity contribution in [3.8, 4) is 0 Å². The standard InChI is InChI=1S/C13H14N2O3/c1-8(13(17)18)14-12(16)10-3-4-11-9(7-10)5-6-15(11)2/h3-8H,1-2H3,(H,14,16)(H,17,18)/t8-/m0/s1. The zero-order valence-corrected chi connectivity index (χ0v) is 10.2. The van der Waals surface area contributed by atoms with Crippen LogP contribution in [0, 0.1) is 0 Å². The lowest BCUT2D eigenvalue weighted by Crippen LogP contribution is -2.38. The smallest absolute Gasteiger partial charge is 0.325 e. The fourth-order valence-electron chi connectivity index (χ4n) is 1.76. The summed E-state index contributed by atoms with van der Waals surface area (Å²) in [6.45, 7) is 1.43. The normalized spacial score (nSPS) is 12.3. The Labute approximate surface area is 104 Å². The summed E-state index contributed by atoms with van der Waals surface area (Å²) >= 11 is 0. The molecule has 1 heterocycles. The first-order chi connectivity index (χ1) is 8.49. The van der Waals surface area contributed by atoms with Crippen LogP contribution in [0.15, 0.2) is 30.5 Å². The van der Waals surface area contributed by atoms with Gasteiger partial charge in [0.15, 0.2) is 0 Å². The van der Waals surface area contributed by atoms with Gasteiger partial charge in [-0.25, -0.2) is 0 Å². The zero-order chi connectivity index (χ0) is 13.3. The van der Waals surface area contributed by atoms with E-state index in [4.69, 9.17) is 5.11 Å². The summed E-state index contributed by atoms with van der Waals surface area (Å²) in [5.74, 6) is -1.43. The number of fused-ring (bicyclic) bond motifs is 1. The van der Waals surface area contributed by atoms with Crippen molar-refractivity contribution in [3.63, 3.8) is 0 Å².